The fourth-order valence-electron chi connectivity index (χ4n) is 2.18. The third-order valence-electron chi connectivity index (χ3n) is 3.05. The first-order valence-corrected chi connectivity index (χ1v) is 5.72. The maximum atomic E-state index is 12.0. The minimum Gasteiger partial charge on any atom is -0.369 e. The molecule has 0 saturated carbocycles. The largest absolute Gasteiger partial charge is 0.369 e. The summed E-state index contributed by atoms with van der Waals surface area (Å²) in [6.45, 7) is 3.68. The van der Waals surface area contributed by atoms with Gasteiger partial charge in [-0.1, -0.05) is 0 Å². The maximum absolute atomic E-state index is 12.0. The number of rotatable bonds is 2. The third-order valence-corrected chi connectivity index (χ3v) is 3.05. The number of likely N-dealkylation sites (N-methyl/N-ethyl adjacent to an activating group) is 1. The van der Waals surface area contributed by atoms with E-state index in [2.05, 4.69) is 10.1 Å². The van der Waals surface area contributed by atoms with E-state index in [0.29, 0.717) is 5.95 Å². The Morgan fingerprint density at radius 3 is 2.61 bits per heavy atom. The van der Waals surface area contributed by atoms with E-state index in [-0.39, 0.29) is 5.91 Å². The fourth-order valence-corrected chi connectivity index (χ4v) is 2.18. The number of carbonyl (C=O) groups excluding carboxylic acids is 1. The van der Waals surface area contributed by atoms with Gasteiger partial charge in [0.1, 0.15) is 11.6 Å². The summed E-state index contributed by atoms with van der Waals surface area (Å²) in [4.78, 5) is 17.9. The number of fused-ring (bicyclic) bond motifs is 1. The molecule has 2 rings (SSSR count). The zero-order valence-corrected chi connectivity index (χ0v) is 11.3. The lowest BCUT2D eigenvalue weighted by Gasteiger charge is -2.19. The molecule has 2 aromatic rings. The van der Waals surface area contributed by atoms with Gasteiger partial charge in [0.05, 0.1) is 5.69 Å². The molecule has 18 heavy (non-hydrogen) atoms. The number of nitrogens with two attached hydrogens (primary N) is 1. The molecule has 0 aliphatic carbocycles. The highest BCUT2D eigenvalue weighted by Crippen LogP contribution is 2.25. The zero-order valence-electron chi connectivity index (χ0n) is 11.3. The van der Waals surface area contributed by atoms with Gasteiger partial charge >= 0.3 is 0 Å². The first-order chi connectivity index (χ1) is 8.34. The molecule has 0 aliphatic heterocycles. The highest BCUT2D eigenvalue weighted by atomic mass is 16.2. The first kappa shape index (κ1) is 12.4. The van der Waals surface area contributed by atoms with Crippen LogP contribution in [0.2, 0.25) is 0 Å². The van der Waals surface area contributed by atoms with Crippen LogP contribution in [0.4, 0.5) is 5.95 Å². The Labute approximate surface area is 105 Å². The van der Waals surface area contributed by atoms with E-state index in [9.17, 15) is 4.79 Å². The van der Waals surface area contributed by atoms with Crippen LogP contribution in [0.3, 0.4) is 0 Å². The van der Waals surface area contributed by atoms with Gasteiger partial charge in [0.15, 0.2) is 5.65 Å². The molecular weight excluding hydrogens is 232 g/mol. The number of carbonyl (C=O) groups is 1. The monoisotopic (exact) mass is 250 g/mol. The Kier molecular flexibility index (Phi) is 2.76. The lowest BCUT2D eigenvalue weighted by atomic mass is 10.3. The smallest absolute Gasteiger partial charge is 0.245 e. The second-order valence-corrected chi connectivity index (χ2v) is 4.63. The minimum atomic E-state index is -0.403. The molecule has 1 atom stereocenters. The van der Waals surface area contributed by atoms with Crippen LogP contribution >= 0.6 is 0 Å². The maximum Gasteiger partial charge on any atom is 0.245 e. The van der Waals surface area contributed by atoms with Gasteiger partial charge in [-0.15, -0.1) is 0 Å². The van der Waals surface area contributed by atoms with Crippen molar-refractivity contribution >= 4 is 23.0 Å². The Hall–Kier alpha value is -2.05. The fraction of sp³-hybridized carbons (Fsp3) is 0.545. The summed E-state index contributed by atoms with van der Waals surface area (Å²) in [6, 6.07) is -0.403. The molecule has 98 valence electrons. The predicted molar refractivity (Wildman–Crippen MR) is 69.1 cm³/mol. The van der Waals surface area contributed by atoms with E-state index in [1.807, 2.05) is 20.9 Å². The van der Waals surface area contributed by atoms with Gasteiger partial charge in [0, 0.05) is 21.1 Å². The van der Waals surface area contributed by atoms with Crippen molar-refractivity contribution in [3.63, 3.8) is 0 Å². The average molecular weight is 250 g/mol. The SMILES string of the molecule is Cc1nn(C)c2c1nc(N)n2C(C)C(=O)N(C)C. The van der Waals surface area contributed by atoms with Gasteiger partial charge in [0.2, 0.25) is 11.9 Å². The van der Waals surface area contributed by atoms with Crippen LogP contribution in [0.15, 0.2) is 0 Å². The van der Waals surface area contributed by atoms with Crippen LogP contribution in [0.25, 0.3) is 11.2 Å². The number of nitrogen functional groups attached to an aromatic ring is 1. The van der Waals surface area contributed by atoms with E-state index in [4.69, 9.17) is 5.73 Å². The Morgan fingerprint density at radius 2 is 2.06 bits per heavy atom. The Balaban J connectivity index is 2.63. The second kappa shape index (κ2) is 4.01. The van der Waals surface area contributed by atoms with E-state index < -0.39 is 6.04 Å². The summed E-state index contributed by atoms with van der Waals surface area (Å²) in [7, 11) is 5.26. The van der Waals surface area contributed by atoms with Crippen molar-refractivity contribution in [3.05, 3.63) is 5.69 Å². The number of imidazole rings is 1. The predicted octanol–water partition coefficient (Wildman–Crippen LogP) is 0.310. The minimum absolute atomic E-state index is 0.0279. The topological polar surface area (TPSA) is 82.0 Å². The van der Waals surface area contributed by atoms with Gasteiger partial charge in [-0.05, 0) is 13.8 Å². The van der Waals surface area contributed by atoms with Crippen LogP contribution in [0.5, 0.6) is 0 Å². The van der Waals surface area contributed by atoms with Crippen molar-refractivity contribution in [2.45, 2.75) is 19.9 Å². The van der Waals surface area contributed by atoms with Gasteiger partial charge in [0.25, 0.3) is 0 Å². The number of nitrogens with zero attached hydrogens (tertiary/aromatic N) is 5. The van der Waals surface area contributed by atoms with E-state index in [0.717, 1.165) is 16.9 Å². The van der Waals surface area contributed by atoms with Crippen molar-refractivity contribution in [3.8, 4) is 0 Å². The third kappa shape index (κ3) is 1.62. The molecule has 2 N–H and O–H groups in total. The van der Waals surface area contributed by atoms with Gasteiger partial charge < -0.3 is 10.6 Å². The molecule has 0 aromatic carbocycles. The summed E-state index contributed by atoms with van der Waals surface area (Å²) in [6.07, 6.45) is 0. The Bertz CT molecular complexity index is 609. The molecule has 0 radical (unpaired) electrons. The summed E-state index contributed by atoms with van der Waals surface area (Å²) < 4.78 is 3.42. The number of aromatic nitrogens is 4. The van der Waals surface area contributed by atoms with Gasteiger partial charge in [-0.2, -0.15) is 5.10 Å². The summed E-state index contributed by atoms with van der Waals surface area (Å²) in [5, 5.41) is 4.29. The summed E-state index contributed by atoms with van der Waals surface area (Å²) >= 11 is 0. The number of hydrogen-bond donors (Lipinski definition) is 1. The normalized spacial score (nSPS) is 12.9. The molecule has 2 heterocycles. The number of amides is 1. The lowest BCUT2D eigenvalue weighted by molar-refractivity contribution is -0.131. The van der Waals surface area contributed by atoms with E-state index in [1.165, 1.54) is 0 Å². The number of aryl methyl sites for hydroxylation is 2. The molecule has 0 bridgehead atoms. The molecular formula is C11H18N6O. The van der Waals surface area contributed by atoms with Crippen molar-refractivity contribution in [1.29, 1.82) is 0 Å². The molecule has 1 unspecified atom stereocenters. The second-order valence-electron chi connectivity index (χ2n) is 4.63. The number of anilines is 1. The summed E-state index contributed by atoms with van der Waals surface area (Å²) in [5.41, 5.74) is 8.24. The standard InChI is InChI=1S/C11H18N6O/c1-6-8-9(16(5)14-6)17(11(12)13-8)7(2)10(18)15(3)4/h7H,1-5H3,(H2,12,13). The highest BCUT2D eigenvalue weighted by Gasteiger charge is 2.24. The van der Waals surface area contributed by atoms with E-state index in [1.54, 1.807) is 28.2 Å². The van der Waals surface area contributed by atoms with Crippen molar-refractivity contribution < 1.29 is 4.79 Å². The molecule has 2 aromatic heterocycles. The molecule has 0 spiro atoms. The van der Waals surface area contributed by atoms with Crippen LogP contribution in [-0.2, 0) is 11.8 Å². The van der Waals surface area contributed by atoms with Gasteiger partial charge in [-0.3, -0.25) is 14.0 Å². The molecule has 7 heteroatoms. The van der Waals surface area contributed by atoms with Crippen molar-refractivity contribution in [2.24, 2.45) is 7.05 Å². The van der Waals surface area contributed by atoms with Crippen molar-refractivity contribution in [2.75, 3.05) is 19.8 Å². The summed E-state index contributed by atoms with van der Waals surface area (Å²) in [5.74, 6) is 0.309. The zero-order chi connectivity index (χ0) is 13.6. The van der Waals surface area contributed by atoms with Crippen LogP contribution in [-0.4, -0.2) is 44.2 Å². The quantitative estimate of drug-likeness (QED) is 0.831. The molecule has 0 saturated heterocycles. The molecule has 1 amide bonds. The van der Waals surface area contributed by atoms with Crippen LogP contribution < -0.4 is 5.73 Å². The Morgan fingerprint density at radius 1 is 1.44 bits per heavy atom. The van der Waals surface area contributed by atoms with Gasteiger partial charge in [-0.25, -0.2) is 4.98 Å². The molecule has 0 fully saturated rings. The lowest BCUT2D eigenvalue weighted by Crippen LogP contribution is -2.30. The highest BCUT2D eigenvalue weighted by molar-refractivity contribution is 5.84. The van der Waals surface area contributed by atoms with Crippen molar-refractivity contribution in [1.82, 2.24) is 24.2 Å². The first-order valence-electron chi connectivity index (χ1n) is 5.72. The van der Waals surface area contributed by atoms with Crippen LogP contribution in [0, 0.1) is 6.92 Å². The molecule has 0 aliphatic rings. The average Bonchev–Trinajstić information content (AvgIpc) is 2.75. The molecule has 7 nitrogen and oxygen atoms in total. The number of hydrogen-bond acceptors (Lipinski definition) is 4. The van der Waals surface area contributed by atoms with E-state index >= 15 is 0 Å². The van der Waals surface area contributed by atoms with Crippen LogP contribution in [0.1, 0.15) is 18.7 Å².